The molecule has 0 unspecified atom stereocenters. The molecule has 0 aliphatic heterocycles. The number of benzene rings is 1. The Morgan fingerprint density at radius 3 is 2.10 bits per heavy atom. The van der Waals surface area contributed by atoms with Crippen LogP contribution < -0.4 is 5.32 Å². The van der Waals surface area contributed by atoms with Crippen LogP contribution in [0.3, 0.4) is 0 Å². The summed E-state index contributed by atoms with van der Waals surface area (Å²) >= 11 is -0.179. The number of nitrogens with one attached hydrogen (secondary N) is 1. The van der Waals surface area contributed by atoms with Crippen LogP contribution in [0.15, 0.2) is 18.2 Å². The second-order valence-electron chi connectivity index (χ2n) is 5.38. The molecule has 0 saturated heterocycles. The Morgan fingerprint density at radius 2 is 1.70 bits per heavy atom. The van der Waals surface area contributed by atoms with Crippen molar-refractivity contribution in [1.29, 1.82) is 0 Å². The molecule has 0 heterocycles. The van der Waals surface area contributed by atoms with Crippen molar-refractivity contribution in [2.45, 2.75) is 43.9 Å². The van der Waals surface area contributed by atoms with Gasteiger partial charge in [0.15, 0.2) is 11.5 Å². The first-order valence-electron chi connectivity index (χ1n) is 6.77. The second kappa shape index (κ2) is 10.5. The Labute approximate surface area is 134 Å². The van der Waals surface area contributed by atoms with Crippen molar-refractivity contribution in [1.82, 2.24) is 5.32 Å². The van der Waals surface area contributed by atoms with E-state index in [2.05, 4.69) is 19.2 Å². The summed E-state index contributed by atoms with van der Waals surface area (Å²) in [5.41, 5.74) is 0.582. The lowest BCUT2D eigenvalue weighted by Crippen LogP contribution is -2.27. The zero-order chi connectivity index (χ0) is 15.7. The van der Waals surface area contributed by atoms with Crippen LogP contribution in [0.5, 0.6) is 11.5 Å². The van der Waals surface area contributed by atoms with E-state index >= 15 is 0 Å². The minimum atomic E-state index is -0.682. The van der Waals surface area contributed by atoms with Crippen LogP contribution in [0.25, 0.3) is 0 Å². The SMILES string of the molecule is CC(C)NC[C@@H](O)c1ccc(O)c(O)c1.C[CH](C)[Mg][Cl]. The first-order chi connectivity index (χ1) is 9.27. The van der Waals surface area contributed by atoms with Gasteiger partial charge in [-0.1, -0.05) is 33.8 Å². The smallest absolute Gasteiger partial charge is 0.503 e. The maximum absolute atomic E-state index is 9.73. The predicted molar refractivity (Wildman–Crippen MR) is 84.6 cm³/mol. The summed E-state index contributed by atoms with van der Waals surface area (Å²) in [7, 11) is 5.48. The van der Waals surface area contributed by atoms with Crippen molar-refractivity contribution in [2.75, 3.05) is 6.54 Å². The molecule has 1 aromatic carbocycles. The fourth-order valence-electron chi connectivity index (χ4n) is 1.21. The maximum Gasteiger partial charge on any atom is 0.503 e. The Bertz CT molecular complexity index is 389. The van der Waals surface area contributed by atoms with Crippen molar-refractivity contribution >= 4 is 28.3 Å². The molecule has 4 N–H and O–H groups in total. The molecule has 6 heteroatoms. The molecule has 0 fully saturated rings. The highest BCUT2D eigenvalue weighted by Crippen LogP contribution is 2.27. The Kier molecular flexibility index (Phi) is 10.4. The minimum absolute atomic E-state index is 0.178. The first kappa shape index (κ1) is 19.8. The minimum Gasteiger partial charge on any atom is -0.504 e. The number of hydrogen-bond donors (Lipinski definition) is 4. The molecule has 1 atom stereocenters. The molecule has 0 aromatic heterocycles. The number of hydrogen-bond acceptors (Lipinski definition) is 4. The predicted octanol–water partition coefficient (Wildman–Crippen LogP) is 2.80. The molecule has 0 aliphatic carbocycles. The standard InChI is InChI=1S/C11H17NO3.C3H7.ClH.Mg/c1-7(2)12-6-11(15)8-3-4-9(13)10(14)5-8;1-3-2;;/h3-5,7,11-15H,6H2,1-2H3;3H,1-2H3;1H;/q;;;+1/p-1/t11-;;;/m1.../s1. The summed E-state index contributed by atoms with van der Waals surface area (Å²) < 4.78 is 0.789. The third-order valence-electron chi connectivity index (χ3n) is 2.41. The average molecular weight is 314 g/mol. The van der Waals surface area contributed by atoms with Crippen LogP contribution in [-0.4, -0.2) is 47.2 Å². The molecular weight excluding hydrogens is 290 g/mol. The average Bonchev–Trinajstić information content (AvgIpc) is 2.39. The maximum atomic E-state index is 9.73. The monoisotopic (exact) mass is 313 g/mol. The number of rotatable bonds is 5. The van der Waals surface area contributed by atoms with Gasteiger partial charge < -0.3 is 29.7 Å². The lowest BCUT2D eigenvalue weighted by molar-refractivity contribution is 0.171. The van der Waals surface area contributed by atoms with Crippen molar-refractivity contribution in [3.63, 3.8) is 0 Å². The van der Waals surface area contributed by atoms with Gasteiger partial charge in [0, 0.05) is 12.6 Å². The van der Waals surface area contributed by atoms with Gasteiger partial charge >= 0.3 is 19.3 Å². The van der Waals surface area contributed by atoms with Crippen molar-refractivity contribution in [3.05, 3.63) is 23.8 Å². The van der Waals surface area contributed by atoms with E-state index in [-0.39, 0.29) is 30.8 Å². The highest BCUT2D eigenvalue weighted by molar-refractivity contribution is 6.94. The molecule has 0 radical (unpaired) electrons. The van der Waals surface area contributed by atoms with Gasteiger partial charge in [0.05, 0.1) is 6.10 Å². The summed E-state index contributed by atoms with van der Waals surface area (Å²) in [6.07, 6.45) is -0.682. The van der Waals surface area contributed by atoms with Crippen molar-refractivity contribution in [3.8, 4) is 11.5 Å². The third kappa shape index (κ3) is 8.87. The quantitative estimate of drug-likeness (QED) is 0.498. The lowest BCUT2D eigenvalue weighted by Gasteiger charge is -2.14. The molecule has 1 rings (SSSR count). The van der Waals surface area contributed by atoms with Gasteiger partial charge in [-0.15, -0.1) is 4.05 Å². The van der Waals surface area contributed by atoms with Gasteiger partial charge in [-0.05, 0) is 17.7 Å². The number of aromatic hydroxyl groups is 2. The Morgan fingerprint density at radius 1 is 1.15 bits per heavy atom. The number of aliphatic hydroxyl groups is 1. The summed E-state index contributed by atoms with van der Waals surface area (Å²) in [6, 6.07) is 4.61. The summed E-state index contributed by atoms with van der Waals surface area (Å²) in [5.74, 6) is -0.390. The molecule has 0 amide bonds. The second-order valence-corrected chi connectivity index (χ2v) is 8.24. The van der Waals surface area contributed by atoms with Gasteiger partial charge in [-0.25, -0.2) is 0 Å². The number of halogens is 1. The van der Waals surface area contributed by atoms with Gasteiger partial charge in [0.25, 0.3) is 0 Å². The zero-order valence-corrected chi connectivity index (χ0v) is 14.8. The molecule has 0 saturated carbocycles. The Hall–Kier alpha value is -0.204. The molecule has 112 valence electrons. The van der Waals surface area contributed by atoms with Gasteiger partial charge in [-0.2, -0.15) is 0 Å². The van der Waals surface area contributed by atoms with Crippen LogP contribution >= 0.6 is 9.07 Å². The summed E-state index contributed by atoms with van der Waals surface area (Å²) in [6.45, 7) is 8.70. The lowest BCUT2D eigenvalue weighted by atomic mass is 10.1. The van der Waals surface area contributed by atoms with Crippen molar-refractivity contribution < 1.29 is 15.3 Å². The van der Waals surface area contributed by atoms with Gasteiger partial charge in [0.2, 0.25) is 0 Å². The molecule has 0 aliphatic rings. The van der Waals surface area contributed by atoms with E-state index in [1.54, 1.807) is 6.07 Å². The van der Waals surface area contributed by atoms with E-state index in [0.717, 1.165) is 4.05 Å². The number of aliphatic hydroxyl groups excluding tert-OH is 1. The number of phenols is 2. The fraction of sp³-hybridized carbons (Fsp3) is 0.571. The van der Waals surface area contributed by atoms with Crippen molar-refractivity contribution in [2.24, 2.45) is 0 Å². The topological polar surface area (TPSA) is 72.7 Å². The van der Waals surface area contributed by atoms with Gasteiger partial charge in [-0.3, -0.25) is 0 Å². The fourth-order valence-corrected chi connectivity index (χ4v) is 1.21. The molecule has 1 aromatic rings. The Balaban J connectivity index is 0.000000621. The zero-order valence-electron chi connectivity index (χ0n) is 12.6. The highest BCUT2D eigenvalue weighted by Gasteiger charge is 2.10. The van der Waals surface area contributed by atoms with E-state index in [1.165, 1.54) is 12.1 Å². The molecule has 20 heavy (non-hydrogen) atoms. The van der Waals surface area contributed by atoms with E-state index in [4.69, 9.17) is 14.2 Å². The molecule has 4 nitrogen and oxygen atoms in total. The summed E-state index contributed by atoms with van der Waals surface area (Å²) in [5, 5.41) is 31.2. The van der Waals surface area contributed by atoms with E-state index in [1.807, 2.05) is 13.8 Å². The van der Waals surface area contributed by atoms with E-state index in [0.29, 0.717) is 18.2 Å². The van der Waals surface area contributed by atoms with E-state index < -0.39 is 6.10 Å². The van der Waals surface area contributed by atoms with Gasteiger partial charge in [0.1, 0.15) is 0 Å². The van der Waals surface area contributed by atoms with Crippen LogP contribution in [0.1, 0.15) is 39.4 Å². The summed E-state index contributed by atoms with van der Waals surface area (Å²) in [4.78, 5) is 0. The van der Waals surface area contributed by atoms with Crippen LogP contribution in [0.2, 0.25) is 4.05 Å². The number of phenolic OH excluding ortho intramolecular Hbond substituents is 2. The molecular formula is C14H24ClMgNO3. The first-order valence-corrected chi connectivity index (χ1v) is 9.72. The largest absolute Gasteiger partial charge is 0.504 e. The highest BCUT2D eigenvalue weighted by atomic mass is 35.5. The molecule has 0 spiro atoms. The normalized spacial score (nSPS) is 11.8. The third-order valence-corrected chi connectivity index (χ3v) is 4.88. The van der Waals surface area contributed by atoms with Crippen LogP contribution in [-0.2, 0) is 0 Å². The molecule has 0 bridgehead atoms. The van der Waals surface area contributed by atoms with E-state index in [9.17, 15) is 10.2 Å². The van der Waals surface area contributed by atoms with Crippen LogP contribution in [0.4, 0.5) is 0 Å². The van der Waals surface area contributed by atoms with Crippen LogP contribution in [0, 0.1) is 0 Å².